The topological polar surface area (TPSA) is 38.4 Å². The van der Waals surface area contributed by atoms with Crippen LogP contribution < -0.4 is 0 Å². The average Bonchev–Trinajstić information content (AvgIpc) is 2.02. The Balaban J connectivity index is 2.73. The van der Waals surface area contributed by atoms with Gasteiger partial charge in [0, 0.05) is 20.8 Å². The summed E-state index contributed by atoms with van der Waals surface area (Å²) < 4.78 is -0.291. The van der Waals surface area contributed by atoms with Crippen LogP contribution in [0.3, 0.4) is 0 Å². The minimum absolute atomic E-state index is 0.291. The van der Waals surface area contributed by atoms with Crippen LogP contribution >= 0.6 is 15.9 Å². The molecule has 0 aromatic carbocycles. The van der Waals surface area contributed by atoms with Gasteiger partial charge in [-0.15, -0.1) is 0 Å². The molecule has 4 heteroatoms. The molecule has 82 valence electrons. The van der Waals surface area contributed by atoms with E-state index in [4.69, 9.17) is 0 Å². The van der Waals surface area contributed by atoms with E-state index >= 15 is 0 Å². The van der Waals surface area contributed by atoms with Crippen molar-refractivity contribution in [3.05, 3.63) is 5.21 Å². The predicted molar refractivity (Wildman–Crippen MR) is 60.6 cm³/mol. The Bertz CT molecular complexity index is 227. The minimum Gasteiger partial charge on any atom is -0.599 e. The quantitative estimate of drug-likeness (QED) is 0.233. The van der Waals surface area contributed by atoms with E-state index in [0.717, 1.165) is 30.5 Å². The molecule has 0 spiro atoms. The maximum atomic E-state index is 11.7. The number of hydrogen-bond acceptors (Lipinski definition) is 2. The molecule has 0 aliphatic heterocycles. The van der Waals surface area contributed by atoms with E-state index in [-0.39, 0.29) is 4.45 Å². The molecule has 0 bridgehead atoms. The van der Waals surface area contributed by atoms with Gasteiger partial charge in [0.15, 0.2) is 9.99 Å². The van der Waals surface area contributed by atoms with Crippen LogP contribution in [-0.2, 0) is 0 Å². The lowest BCUT2D eigenvalue weighted by atomic mass is 9.96. The molecular formula is C10H19BrN2O. The SMILES string of the molecule is CC(C)(C)[N+]([O-])=NC1(Br)CCCCC1. The van der Waals surface area contributed by atoms with Gasteiger partial charge in [-0.2, -0.15) is 0 Å². The second-order valence-electron chi connectivity index (χ2n) is 5.02. The summed E-state index contributed by atoms with van der Waals surface area (Å²) in [4.78, 5) is 0.840. The summed E-state index contributed by atoms with van der Waals surface area (Å²) in [6.07, 6.45) is 5.53. The summed E-state index contributed by atoms with van der Waals surface area (Å²) in [7, 11) is 0. The number of hydroxylamine groups is 1. The monoisotopic (exact) mass is 262 g/mol. The maximum absolute atomic E-state index is 11.7. The molecule has 3 nitrogen and oxygen atoms in total. The molecule has 1 rings (SSSR count). The Hall–Kier alpha value is -0.120. The van der Waals surface area contributed by atoms with Crippen molar-refractivity contribution in [2.24, 2.45) is 5.11 Å². The molecule has 0 heterocycles. The third-order valence-electron chi connectivity index (χ3n) is 2.46. The molecule has 1 fully saturated rings. The first-order valence-corrected chi connectivity index (χ1v) is 6.02. The van der Waals surface area contributed by atoms with Gasteiger partial charge in [0.1, 0.15) is 0 Å². The Morgan fingerprint density at radius 3 is 2.14 bits per heavy atom. The molecule has 0 N–H and O–H groups in total. The zero-order valence-corrected chi connectivity index (χ0v) is 10.8. The van der Waals surface area contributed by atoms with Crippen LogP contribution in [0.4, 0.5) is 0 Å². The van der Waals surface area contributed by atoms with E-state index in [1.54, 1.807) is 0 Å². The number of rotatable bonds is 1. The van der Waals surface area contributed by atoms with E-state index < -0.39 is 5.54 Å². The van der Waals surface area contributed by atoms with E-state index in [1.807, 2.05) is 20.8 Å². The molecule has 1 aliphatic rings. The lowest BCUT2D eigenvalue weighted by molar-refractivity contribution is -0.603. The largest absolute Gasteiger partial charge is 0.599 e. The lowest BCUT2D eigenvalue weighted by Crippen LogP contribution is -2.32. The zero-order chi connectivity index (χ0) is 10.8. The first-order chi connectivity index (χ1) is 6.33. The Labute approximate surface area is 94.3 Å². The second kappa shape index (κ2) is 4.17. The van der Waals surface area contributed by atoms with Crippen molar-refractivity contribution in [3.8, 4) is 0 Å². The normalized spacial score (nSPS) is 23.6. The maximum Gasteiger partial charge on any atom is 0.190 e. The van der Waals surface area contributed by atoms with Gasteiger partial charge in [0.2, 0.25) is 0 Å². The first kappa shape index (κ1) is 12.0. The van der Waals surface area contributed by atoms with Crippen LogP contribution in [0, 0.1) is 5.21 Å². The van der Waals surface area contributed by atoms with Crippen LogP contribution in [0.1, 0.15) is 52.9 Å². The van der Waals surface area contributed by atoms with Gasteiger partial charge < -0.3 is 5.21 Å². The molecule has 1 saturated carbocycles. The van der Waals surface area contributed by atoms with Gasteiger partial charge in [-0.1, -0.05) is 27.2 Å². The molecule has 0 unspecified atom stereocenters. The fourth-order valence-electron chi connectivity index (χ4n) is 1.51. The fraction of sp³-hybridized carbons (Fsp3) is 1.00. The van der Waals surface area contributed by atoms with Crippen LogP contribution in [-0.4, -0.2) is 14.8 Å². The van der Waals surface area contributed by atoms with Crippen molar-refractivity contribution in [3.63, 3.8) is 0 Å². The van der Waals surface area contributed by atoms with Gasteiger partial charge in [-0.05, 0) is 30.8 Å². The summed E-state index contributed by atoms with van der Waals surface area (Å²) in [5.74, 6) is 0. The molecule has 1 aliphatic carbocycles. The molecule has 0 radical (unpaired) electrons. The van der Waals surface area contributed by atoms with Crippen LogP contribution in [0.25, 0.3) is 0 Å². The Morgan fingerprint density at radius 2 is 1.71 bits per heavy atom. The zero-order valence-electron chi connectivity index (χ0n) is 9.22. The van der Waals surface area contributed by atoms with Gasteiger partial charge >= 0.3 is 0 Å². The summed E-state index contributed by atoms with van der Waals surface area (Å²) >= 11 is 3.58. The van der Waals surface area contributed by atoms with Crippen LogP contribution in [0.5, 0.6) is 0 Å². The number of alkyl halides is 1. The number of nitrogens with zero attached hydrogens (tertiary/aromatic N) is 2. The van der Waals surface area contributed by atoms with Crippen molar-refractivity contribution >= 4 is 15.9 Å². The van der Waals surface area contributed by atoms with Crippen molar-refractivity contribution in [1.29, 1.82) is 0 Å². The van der Waals surface area contributed by atoms with Gasteiger partial charge in [-0.3, -0.25) is 0 Å². The fourth-order valence-corrected chi connectivity index (χ4v) is 2.21. The molecule has 14 heavy (non-hydrogen) atoms. The van der Waals surface area contributed by atoms with Crippen LogP contribution in [0.15, 0.2) is 5.11 Å². The molecule has 0 saturated heterocycles. The standard InChI is InChI=1S/C10H19BrN2O/c1-9(2,3)13(14)12-10(11)7-5-4-6-8-10/h4-8H2,1-3H3. The molecular weight excluding hydrogens is 244 g/mol. The minimum atomic E-state index is -0.432. The van der Waals surface area contributed by atoms with Gasteiger partial charge in [0.25, 0.3) is 0 Å². The van der Waals surface area contributed by atoms with Crippen molar-refractivity contribution < 1.29 is 4.86 Å². The van der Waals surface area contributed by atoms with Crippen LogP contribution in [0.2, 0.25) is 0 Å². The highest BCUT2D eigenvalue weighted by atomic mass is 79.9. The Kier molecular flexibility index (Phi) is 3.56. The summed E-state index contributed by atoms with van der Waals surface area (Å²) in [5, 5.41) is 15.9. The molecule has 0 atom stereocenters. The number of azo groups is 1. The average molecular weight is 263 g/mol. The van der Waals surface area contributed by atoms with Crippen molar-refractivity contribution in [2.45, 2.75) is 62.9 Å². The molecule has 0 aromatic heterocycles. The molecule has 0 aromatic rings. The highest BCUT2D eigenvalue weighted by Gasteiger charge is 2.34. The van der Waals surface area contributed by atoms with E-state index in [0.29, 0.717) is 0 Å². The van der Waals surface area contributed by atoms with E-state index in [2.05, 4.69) is 21.0 Å². The number of halogens is 1. The summed E-state index contributed by atoms with van der Waals surface area (Å²) in [6.45, 7) is 5.63. The third-order valence-corrected chi connectivity index (χ3v) is 3.42. The van der Waals surface area contributed by atoms with Crippen molar-refractivity contribution in [2.75, 3.05) is 0 Å². The van der Waals surface area contributed by atoms with E-state index in [1.165, 1.54) is 6.42 Å². The molecule has 0 amide bonds. The first-order valence-electron chi connectivity index (χ1n) is 5.23. The lowest BCUT2D eigenvalue weighted by Gasteiger charge is -2.26. The third kappa shape index (κ3) is 3.23. The smallest absolute Gasteiger partial charge is 0.190 e. The second-order valence-corrected chi connectivity index (χ2v) is 6.50. The predicted octanol–water partition coefficient (Wildman–Crippen LogP) is 3.80. The summed E-state index contributed by atoms with van der Waals surface area (Å²) in [5.41, 5.74) is -0.432. The van der Waals surface area contributed by atoms with E-state index in [9.17, 15) is 5.21 Å². The highest BCUT2D eigenvalue weighted by molar-refractivity contribution is 9.10. The summed E-state index contributed by atoms with van der Waals surface area (Å²) in [6, 6.07) is 0. The number of hydrogen-bond donors (Lipinski definition) is 0. The van der Waals surface area contributed by atoms with Gasteiger partial charge in [0.05, 0.1) is 0 Å². The highest BCUT2D eigenvalue weighted by Crippen LogP contribution is 2.37. The Morgan fingerprint density at radius 1 is 1.21 bits per heavy atom. The van der Waals surface area contributed by atoms with Crippen molar-refractivity contribution in [1.82, 2.24) is 0 Å². The van der Waals surface area contributed by atoms with Gasteiger partial charge in [-0.25, -0.2) is 0 Å².